The van der Waals surface area contributed by atoms with E-state index in [1.165, 1.54) is 14.2 Å². The second-order valence-electron chi connectivity index (χ2n) is 4.85. The predicted octanol–water partition coefficient (Wildman–Crippen LogP) is 2.16. The molecule has 0 aliphatic heterocycles. The second-order valence-corrected chi connectivity index (χ2v) is 7.21. The van der Waals surface area contributed by atoms with Gasteiger partial charge in [-0.1, -0.05) is 12.2 Å². The third-order valence-electron chi connectivity index (χ3n) is 3.67. The smallest absolute Gasteiger partial charge is 0.338 e. The molecule has 8 heteroatoms. The van der Waals surface area contributed by atoms with E-state index in [4.69, 9.17) is 18.5 Å². The molecule has 0 unspecified atom stereocenters. The Morgan fingerprint density at radius 3 is 2.09 bits per heavy atom. The summed E-state index contributed by atoms with van der Waals surface area (Å²) in [5.41, 5.74) is -0.459. The molecule has 0 aromatic heterocycles. The van der Waals surface area contributed by atoms with Gasteiger partial charge in [-0.15, -0.1) is 0 Å². The SMILES string of the molecule is C=C1C[C@H](C(=O)OCC)[C@@H](C(=O)OCC)[C@@H]1P(=O)(OC)OC. The fraction of sp³-hybridized carbons (Fsp3) is 0.714. The van der Waals surface area contributed by atoms with Crippen LogP contribution in [0.25, 0.3) is 0 Å². The summed E-state index contributed by atoms with van der Waals surface area (Å²) < 4.78 is 32.8. The molecule has 126 valence electrons. The van der Waals surface area contributed by atoms with Crippen LogP contribution in [0.15, 0.2) is 12.2 Å². The lowest BCUT2D eigenvalue weighted by Crippen LogP contribution is -2.35. The lowest BCUT2D eigenvalue weighted by atomic mass is 9.96. The standard InChI is InChI=1S/C14H23O7P/c1-6-20-13(15)10-8-9(3)12(22(17,18-4)19-5)11(10)14(16)21-7-2/h10-12H,3,6-8H2,1-2,4-5H3/t10-,11+,12+/m0/s1. The molecular formula is C14H23O7P. The molecule has 0 bridgehead atoms. The molecule has 0 aromatic carbocycles. The molecule has 1 aliphatic carbocycles. The molecule has 22 heavy (non-hydrogen) atoms. The molecule has 1 fully saturated rings. The van der Waals surface area contributed by atoms with Crippen molar-refractivity contribution in [3.8, 4) is 0 Å². The van der Waals surface area contributed by atoms with Crippen LogP contribution < -0.4 is 0 Å². The monoisotopic (exact) mass is 334 g/mol. The summed E-state index contributed by atoms with van der Waals surface area (Å²) in [7, 11) is -1.16. The summed E-state index contributed by atoms with van der Waals surface area (Å²) in [6.07, 6.45) is 0.184. The van der Waals surface area contributed by atoms with E-state index in [2.05, 4.69) is 6.58 Å². The number of allylic oxidation sites excluding steroid dienone is 1. The highest BCUT2D eigenvalue weighted by Crippen LogP contribution is 2.62. The van der Waals surface area contributed by atoms with Gasteiger partial charge >= 0.3 is 19.5 Å². The Labute approximate surface area is 130 Å². The number of carbonyl (C=O) groups is 2. The molecule has 0 radical (unpaired) electrons. The first kappa shape index (κ1) is 18.9. The lowest BCUT2D eigenvalue weighted by Gasteiger charge is -2.26. The van der Waals surface area contributed by atoms with Crippen molar-refractivity contribution in [1.82, 2.24) is 0 Å². The van der Waals surface area contributed by atoms with E-state index in [1.54, 1.807) is 13.8 Å². The number of carbonyl (C=O) groups excluding carboxylic acids is 2. The Balaban J connectivity index is 3.23. The number of hydrogen-bond donors (Lipinski definition) is 0. The molecule has 0 N–H and O–H groups in total. The van der Waals surface area contributed by atoms with Crippen molar-refractivity contribution in [3.05, 3.63) is 12.2 Å². The van der Waals surface area contributed by atoms with Crippen molar-refractivity contribution in [1.29, 1.82) is 0 Å². The van der Waals surface area contributed by atoms with Crippen LogP contribution in [-0.2, 0) is 32.7 Å². The highest BCUT2D eigenvalue weighted by Gasteiger charge is 2.56. The van der Waals surface area contributed by atoms with Gasteiger partial charge in [0.1, 0.15) is 0 Å². The highest BCUT2D eigenvalue weighted by molar-refractivity contribution is 7.55. The van der Waals surface area contributed by atoms with Crippen LogP contribution in [0.4, 0.5) is 0 Å². The Kier molecular flexibility index (Phi) is 6.78. The average Bonchev–Trinajstić information content (AvgIpc) is 2.85. The minimum absolute atomic E-state index is 0.147. The van der Waals surface area contributed by atoms with Gasteiger partial charge in [0.2, 0.25) is 0 Å². The van der Waals surface area contributed by atoms with Gasteiger partial charge in [-0.3, -0.25) is 14.2 Å². The fourth-order valence-corrected chi connectivity index (χ4v) is 4.62. The maximum Gasteiger partial charge on any atom is 0.338 e. The van der Waals surface area contributed by atoms with E-state index in [0.29, 0.717) is 5.57 Å². The van der Waals surface area contributed by atoms with Crippen LogP contribution in [0, 0.1) is 11.8 Å². The first-order valence-corrected chi connectivity index (χ1v) is 8.69. The van der Waals surface area contributed by atoms with E-state index in [-0.39, 0.29) is 19.6 Å². The third kappa shape index (κ3) is 3.59. The topological polar surface area (TPSA) is 88.1 Å². The molecule has 0 amide bonds. The van der Waals surface area contributed by atoms with Gasteiger partial charge in [0.25, 0.3) is 0 Å². The van der Waals surface area contributed by atoms with Crippen LogP contribution in [0.3, 0.4) is 0 Å². The minimum Gasteiger partial charge on any atom is -0.466 e. The van der Waals surface area contributed by atoms with Gasteiger partial charge in [-0.2, -0.15) is 0 Å². The fourth-order valence-electron chi connectivity index (χ4n) is 2.74. The Morgan fingerprint density at radius 2 is 1.64 bits per heavy atom. The van der Waals surface area contributed by atoms with E-state index in [1.807, 2.05) is 0 Å². The van der Waals surface area contributed by atoms with Crippen LogP contribution in [0.2, 0.25) is 0 Å². The zero-order valence-electron chi connectivity index (χ0n) is 13.4. The molecule has 1 aliphatic rings. The maximum atomic E-state index is 12.7. The molecule has 0 spiro atoms. The molecule has 0 saturated heterocycles. The predicted molar refractivity (Wildman–Crippen MR) is 79.4 cm³/mol. The first-order valence-electron chi connectivity index (χ1n) is 7.08. The van der Waals surface area contributed by atoms with E-state index in [0.717, 1.165) is 0 Å². The number of ether oxygens (including phenoxy) is 2. The van der Waals surface area contributed by atoms with Crippen LogP contribution in [-0.4, -0.2) is 45.0 Å². The van der Waals surface area contributed by atoms with Crippen molar-refractivity contribution in [3.63, 3.8) is 0 Å². The van der Waals surface area contributed by atoms with Crippen LogP contribution >= 0.6 is 7.60 Å². The van der Waals surface area contributed by atoms with Gasteiger partial charge in [0.05, 0.1) is 30.7 Å². The van der Waals surface area contributed by atoms with Gasteiger partial charge in [-0.05, 0) is 20.3 Å². The van der Waals surface area contributed by atoms with Crippen molar-refractivity contribution in [2.45, 2.75) is 25.9 Å². The Hall–Kier alpha value is -1.17. The summed E-state index contributed by atoms with van der Waals surface area (Å²) in [5.74, 6) is -2.95. The maximum absolute atomic E-state index is 12.7. The second kappa shape index (κ2) is 7.90. The van der Waals surface area contributed by atoms with E-state index < -0.39 is 37.0 Å². The van der Waals surface area contributed by atoms with Crippen LogP contribution in [0.5, 0.6) is 0 Å². The summed E-state index contributed by atoms with van der Waals surface area (Å²) in [6, 6.07) is 0. The normalized spacial score (nSPS) is 25.1. The highest BCUT2D eigenvalue weighted by atomic mass is 31.2. The van der Waals surface area contributed by atoms with Crippen molar-refractivity contribution >= 4 is 19.5 Å². The van der Waals surface area contributed by atoms with Gasteiger partial charge < -0.3 is 18.5 Å². The van der Waals surface area contributed by atoms with Gasteiger partial charge in [0, 0.05) is 14.2 Å². The average molecular weight is 334 g/mol. The van der Waals surface area contributed by atoms with Gasteiger partial charge in [0.15, 0.2) is 0 Å². The largest absolute Gasteiger partial charge is 0.466 e. The van der Waals surface area contributed by atoms with Crippen LogP contribution in [0.1, 0.15) is 20.3 Å². The molecule has 3 atom stereocenters. The summed E-state index contributed by atoms with van der Waals surface area (Å²) in [5, 5.41) is 0. The zero-order valence-corrected chi connectivity index (χ0v) is 14.3. The Morgan fingerprint density at radius 1 is 1.14 bits per heavy atom. The van der Waals surface area contributed by atoms with E-state index in [9.17, 15) is 14.2 Å². The molecular weight excluding hydrogens is 311 g/mol. The number of hydrogen-bond acceptors (Lipinski definition) is 7. The van der Waals surface area contributed by atoms with Crippen molar-refractivity contribution < 1.29 is 32.7 Å². The first-order chi connectivity index (χ1) is 10.4. The molecule has 7 nitrogen and oxygen atoms in total. The molecule has 1 rings (SSSR count). The number of rotatable bonds is 7. The lowest BCUT2D eigenvalue weighted by molar-refractivity contribution is -0.158. The summed E-state index contributed by atoms with van der Waals surface area (Å²) in [6.45, 7) is 7.50. The number of esters is 2. The quantitative estimate of drug-likeness (QED) is 0.400. The summed E-state index contributed by atoms with van der Waals surface area (Å²) >= 11 is 0. The van der Waals surface area contributed by atoms with Crippen molar-refractivity contribution in [2.24, 2.45) is 11.8 Å². The molecule has 1 saturated carbocycles. The summed E-state index contributed by atoms with van der Waals surface area (Å²) in [4.78, 5) is 24.4. The minimum atomic E-state index is -3.62. The zero-order chi connectivity index (χ0) is 16.9. The molecule has 0 aromatic rings. The molecule has 0 heterocycles. The Bertz CT molecular complexity index is 480. The third-order valence-corrected chi connectivity index (χ3v) is 6.06. The van der Waals surface area contributed by atoms with Gasteiger partial charge in [-0.25, -0.2) is 0 Å². The van der Waals surface area contributed by atoms with E-state index >= 15 is 0 Å². The van der Waals surface area contributed by atoms with Crippen molar-refractivity contribution in [2.75, 3.05) is 27.4 Å².